The molecule has 1 unspecified atom stereocenters. The Morgan fingerprint density at radius 3 is 2.79 bits per heavy atom. The van der Waals surface area contributed by atoms with Gasteiger partial charge in [-0.25, -0.2) is 0 Å². The molecule has 0 fully saturated rings. The summed E-state index contributed by atoms with van der Waals surface area (Å²) in [6.45, 7) is 5.27. The Morgan fingerprint density at radius 2 is 2.16 bits per heavy atom. The van der Waals surface area contributed by atoms with Crippen molar-refractivity contribution in [1.29, 1.82) is 0 Å². The van der Waals surface area contributed by atoms with Crippen molar-refractivity contribution in [3.8, 4) is 5.75 Å². The highest BCUT2D eigenvalue weighted by molar-refractivity contribution is 7.10. The van der Waals surface area contributed by atoms with Crippen molar-refractivity contribution in [2.24, 2.45) is 0 Å². The van der Waals surface area contributed by atoms with Gasteiger partial charge < -0.3 is 10.1 Å². The smallest absolute Gasteiger partial charge is 0.122 e. The second-order valence-corrected chi connectivity index (χ2v) is 5.61. The van der Waals surface area contributed by atoms with E-state index in [0.29, 0.717) is 0 Å². The molecule has 102 valence electrons. The molecule has 0 aliphatic carbocycles. The molecule has 0 aliphatic heterocycles. The zero-order valence-electron chi connectivity index (χ0n) is 11.8. The number of aryl methyl sites for hydroxylation is 1. The van der Waals surface area contributed by atoms with Gasteiger partial charge in [0.1, 0.15) is 5.75 Å². The van der Waals surface area contributed by atoms with Crippen LogP contribution in [-0.4, -0.2) is 13.7 Å². The third-order valence-corrected chi connectivity index (χ3v) is 4.13. The summed E-state index contributed by atoms with van der Waals surface area (Å²) in [5.41, 5.74) is 2.44. The highest BCUT2D eigenvalue weighted by atomic mass is 32.1. The van der Waals surface area contributed by atoms with E-state index < -0.39 is 0 Å². The first-order chi connectivity index (χ1) is 9.26. The van der Waals surface area contributed by atoms with Crippen LogP contribution in [0.4, 0.5) is 0 Å². The number of thiophene rings is 1. The highest BCUT2D eigenvalue weighted by Gasteiger charge is 2.15. The van der Waals surface area contributed by atoms with Gasteiger partial charge in [-0.2, -0.15) is 0 Å². The first-order valence-corrected chi connectivity index (χ1v) is 7.55. The van der Waals surface area contributed by atoms with Crippen LogP contribution >= 0.6 is 11.3 Å². The van der Waals surface area contributed by atoms with E-state index in [2.05, 4.69) is 54.9 Å². The summed E-state index contributed by atoms with van der Waals surface area (Å²) in [4.78, 5) is 1.35. The fourth-order valence-corrected chi connectivity index (χ4v) is 2.97. The van der Waals surface area contributed by atoms with Crippen LogP contribution in [0.5, 0.6) is 5.75 Å². The molecule has 2 aromatic rings. The second kappa shape index (κ2) is 6.73. The summed E-state index contributed by atoms with van der Waals surface area (Å²) < 4.78 is 5.43. The van der Waals surface area contributed by atoms with Crippen molar-refractivity contribution < 1.29 is 4.74 Å². The van der Waals surface area contributed by atoms with Gasteiger partial charge >= 0.3 is 0 Å². The first kappa shape index (κ1) is 14.1. The maximum absolute atomic E-state index is 5.43. The number of benzene rings is 1. The normalized spacial score (nSPS) is 12.4. The lowest BCUT2D eigenvalue weighted by Gasteiger charge is -2.19. The molecular weight excluding hydrogens is 254 g/mol. The van der Waals surface area contributed by atoms with Gasteiger partial charge in [0, 0.05) is 4.88 Å². The number of hydrogen-bond donors (Lipinski definition) is 1. The number of nitrogens with one attached hydrogen (secondary N) is 1. The molecule has 2 rings (SSSR count). The van der Waals surface area contributed by atoms with E-state index in [-0.39, 0.29) is 6.04 Å². The molecule has 0 aliphatic rings. The van der Waals surface area contributed by atoms with Crippen molar-refractivity contribution in [2.75, 3.05) is 13.7 Å². The lowest BCUT2D eigenvalue weighted by Crippen LogP contribution is -2.22. The molecule has 1 aromatic heterocycles. The molecule has 2 nitrogen and oxygen atoms in total. The zero-order chi connectivity index (χ0) is 13.7. The molecule has 0 radical (unpaired) electrons. The molecule has 1 aromatic carbocycles. The molecule has 19 heavy (non-hydrogen) atoms. The SMILES string of the molecule is CCCNC(c1ccc(C)c(OC)c1)c1cccs1. The molecule has 3 heteroatoms. The van der Waals surface area contributed by atoms with E-state index in [9.17, 15) is 0 Å². The van der Waals surface area contributed by atoms with Gasteiger partial charge in [-0.05, 0) is 48.5 Å². The Morgan fingerprint density at radius 1 is 1.32 bits per heavy atom. The monoisotopic (exact) mass is 275 g/mol. The summed E-state index contributed by atoms with van der Waals surface area (Å²) in [6.07, 6.45) is 1.13. The predicted octanol–water partition coefficient (Wildman–Crippen LogP) is 4.15. The van der Waals surface area contributed by atoms with Crippen LogP contribution in [0.2, 0.25) is 0 Å². The zero-order valence-corrected chi connectivity index (χ0v) is 12.6. The van der Waals surface area contributed by atoms with Crippen molar-refractivity contribution in [3.63, 3.8) is 0 Å². The fourth-order valence-electron chi connectivity index (χ4n) is 2.14. The third kappa shape index (κ3) is 3.37. The van der Waals surface area contributed by atoms with E-state index in [1.54, 1.807) is 18.4 Å². The molecule has 0 amide bonds. The van der Waals surface area contributed by atoms with Crippen LogP contribution in [0.15, 0.2) is 35.7 Å². The summed E-state index contributed by atoms with van der Waals surface area (Å²) in [6, 6.07) is 11.0. The van der Waals surface area contributed by atoms with E-state index in [1.165, 1.54) is 16.0 Å². The maximum Gasteiger partial charge on any atom is 0.122 e. The average Bonchev–Trinajstić information content (AvgIpc) is 2.95. The average molecular weight is 275 g/mol. The number of hydrogen-bond acceptors (Lipinski definition) is 3. The second-order valence-electron chi connectivity index (χ2n) is 4.63. The quantitative estimate of drug-likeness (QED) is 0.855. The highest BCUT2D eigenvalue weighted by Crippen LogP contribution is 2.29. The summed E-state index contributed by atoms with van der Waals surface area (Å²) >= 11 is 1.79. The summed E-state index contributed by atoms with van der Waals surface area (Å²) in [5.74, 6) is 0.956. The van der Waals surface area contributed by atoms with Crippen molar-refractivity contribution >= 4 is 11.3 Å². The van der Waals surface area contributed by atoms with Gasteiger partial charge in [-0.15, -0.1) is 11.3 Å². The summed E-state index contributed by atoms with van der Waals surface area (Å²) in [5, 5.41) is 5.74. The Labute approximate surface area is 119 Å². The van der Waals surface area contributed by atoms with Gasteiger partial charge in [-0.3, -0.25) is 0 Å². The molecule has 0 saturated carbocycles. The van der Waals surface area contributed by atoms with Crippen molar-refractivity contribution in [3.05, 3.63) is 51.7 Å². The van der Waals surface area contributed by atoms with Gasteiger partial charge in [0.25, 0.3) is 0 Å². The molecule has 0 bridgehead atoms. The van der Waals surface area contributed by atoms with Crippen LogP contribution in [0.25, 0.3) is 0 Å². The Kier molecular flexibility index (Phi) is 5.00. The number of ether oxygens (including phenoxy) is 1. The van der Waals surface area contributed by atoms with Crippen molar-refractivity contribution in [1.82, 2.24) is 5.32 Å². The van der Waals surface area contributed by atoms with E-state index in [0.717, 1.165) is 18.7 Å². The Hall–Kier alpha value is -1.32. The number of rotatable bonds is 6. The molecule has 1 N–H and O–H groups in total. The molecule has 0 saturated heterocycles. The van der Waals surface area contributed by atoms with E-state index in [4.69, 9.17) is 4.74 Å². The third-order valence-electron chi connectivity index (χ3n) is 3.19. The predicted molar refractivity (Wildman–Crippen MR) is 82.2 cm³/mol. The Balaban J connectivity index is 2.32. The van der Waals surface area contributed by atoms with Crippen LogP contribution in [-0.2, 0) is 0 Å². The van der Waals surface area contributed by atoms with E-state index >= 15 is 0 Å². The minimum atomic E-state index is 0.259. The van der Waals surface area contributed by atoms with Gasteiger partial charge in [-0.1, -0.05) is 25.1 Å². The largest absolute Gasteiger partial charge is 0.496 e. The topological polar surface area (TPSA) is 21.3 Å². The fraction of sp³-hybridized carbons (Fsp3) is 0.375. The lowest BCUT2D eigenvalue weighted by atomic mass is 10.0. The minimum absolute atomic E-state index is 0.259. The van der Waals surface area contributed by atoms with Gasteiger partial charge in [0.15, 0.2) is 0 Å². The van der Waals surface area contributed by atoms with E-state index in [1.807, 2.05) is 0 Å². The molecular formula is C16H21NOS. The van der Waals surface area contributed by atoms with Gasteiger partial charge in [0.2, 0.25) is 0 Å². The maximum atomic E-state index is 5.43. The standard InChI is InChI=1S/C16H21NOS/c1-4-9-17-16(15-6-5-10-19-15)13-8-7-12(2)14(11-13)18-3/h5-8,10-11,16-17H,4,9H2,1-3H3. The summed E-state index contributed by atoms with van der Waals surface area (Å²) in [7, 11) is 1.73. The van der Waals surface area contributed by atoms with Crippen LogP contribution in [0, 0.1) is 6.92 Å². The van der Waals surface area contributed by atoms with Crippen LogP contribution in [0.3, 0.4) is 0 Å². The van der Waals surface area contributed by atoms with Crippen molar-refractivity contribution in [2.45, 2.75) is 26.3 Å². The Bertz CT molecular complexity index is 507. The molecule has 1 heterocycles. The van der Waals surface area contributed by atoms with Crippen LogP contribution in [0.1, 0.15) is 35.4 Å². The minimum Gasteiger partial charge on any atom is -0.496 e. The van der Waals surface area contributed by atoms with Crippen LogP contribution < -0.4 is 10.1 Å². The van der Waals surface area contributed by atoms with Gasteiger partial charge in [0.05, 0.1) is 13.2 Å². The number of methoxy groups -OCH3 is 1. The molecule has 0 spiro atoms. The first-order valence-electron chi connectivity index (χ1n) is 6.67. The molecule has 1 atom stereocenters. The lowest BCUT2D eigenvalue weighted by molar-refractivity contribution is 0.410.